The fraction of sp³-hybridized carbons (Fsp3) is 0.471. The minimum Gasteiger partial charge on any atom is -0.490 e. The Morgan fingerprint density at radius 3 is 2.60 bits per heavy atom. The van der Waals surface area contributed by atoms with Crippen LogP contribution in [0, 0.1) is 5.92 Å². The van der Waals surface area contributed by atoms with Gasteiger partial charge in [0.05, 0.1) is 13.2 Å². The van der Waals surface area contributed by atoms with Crippen molar-refractivity contribution in [3.63, 3.8) is 0 Å². The summed E-state index contributed by atoms with van der Waals surface area (Å²) in [5.74, 6) is 2.49. The molecular weight excluding hydrogens is 358 g/mol. The fourth-order valence-corrected chi connectivity index (χ4v) is 3.64. The minimum atomic E-state index is -0.249. The molecule has 0 unspecified atom stereocenters. The molecule has 136 valence electrons. The molecule has 0 atom stereocenters. The van der Waals surface area contributed by atoms with E-state index < -0.39 is 0 Å². The number of thioether (sulfide) groups is 1. The van der Waals surface area contributed by atoms with E-state index in [0.717, 1.165) is 10.1 Å². The average Bonchev–Trinajstić information content (AvgIpc) is 3.02. The maximum Gasteiger partial charge on any atom is 0.257 e. The summed E-state index contributed by atoms with van der Waals surface area (Å²) >= 11 is 3.02. The maximum absolute atomic E-state index is 12.4. The van der Waals surface area contributed by atoms with Crippen LogP contribution >= 0.6 is 23.1 Å². The lowest BCUT2D eigenvalue weighted by Crippen LogP contribution is -2.12. The number of hydrogen-bond donors (Lipinski definition) is 1. The number of benzene rings is 1. The number of hydrogen-bond acceptors (Lipinski definition) is 7. The third-order valence-corrected chi connectivity index (χ3v) is 5.37. The Hall–Kier alpha value is -1.80. The summed E-state index contributed by atoms with van der Waals surface area (Å²) in [5, 5.41) is 11.4. The fourth-order valence-electron chi connectivity index (χ4n) is 1.92. The molecular formula is C17H23N3O3S2. The standard InChI is InChI=1S/C17H23N3O3S2/c1-5-22-13-8-7-12(9-14(13)23-6-2)15(21)18-16-19-20-17(25-16)24-10-11(3)4/h7-9,11H,5-6,10H2,1-4H3,(H,18,19,21). The number of amides is 1. The molecule has 0 radical (unpaired) electrons. The van der Waals surface area contributed by atoms with Crippen molar-refractivity contribution in [2.24, 2.45) is 5.92 Å². The van der Waals surface area contributed by atoms with Crippen LogP contribution in [0.3, 0.4) is 0 Å². The van der Waals surface area contributed by atoms with Gasteiger partial charge in [-0.1, -0.05) is 36.9 Å². The predicted molar refractivity (Wildman–Crippen MR) is 102 cm³/mol. The molecule has 6 nitrogen and oxygen atoms in total. The Kier molecular flexibility index (Phi) is 7.52. The van der Waals surface area contributed by atoms with Gasteiger partial charge in [-0.3, -0.25) is 10.1 Å². The minimum absolute atomic E-state index is 0.249. The van der Waals surface area contributed by atoms with Gasteiger partial charge in [-0.2, -0.15) is 0 Å². The lowest BCUT2D eigenvalue weighted by atomic mass is 10.2. The van der Waals surface area contributed by atoms with E-state index in [-0.39, 0.29) is 5.91 Å². The highest BCUT2D eigenvalue weighted by Crippen LogP contribution is 2.30. The van der Waals surface area contributed by atoms with Gasteiger partial charge >= 0.3 is 0 Å². The summed E-state index contributed by atoms with van der Waals surface area (Å²) in [6, 6.07) is 5.13. The van der Waals surface area contributed by atoms with Crippen molar-refractivity contribution in [1.29, 1.82) is 0 Å². The molecule has 1 amide bonds. The first-order chi connectivity index (χ1) is 12.0. The maximum atomic E-state index is 12.4. The average molecular weight is 382 g/mol. The lowest BCUT2D eigenvalue weighted by molar-refractivity contribution is 0.102. The molecule has 0 aliphatic heterocycles. The molecule has 0 aliphatic rings. The van der Waals surface area contributed by atoms with Crippen molar-refractivity contribution in [1.82, 2.24) is 10.2 Å². The molecule has 8 heteroatoms. The molecule has 0 aliphatic carbocycles. The van der Waals surface area contributed by atoms with E-state index in [0.29, 0.717) is 41.3 Å². The van der Waals surface area contributed by atoms with E-state index in [1.54, 1.807) is 30.0 Å². The molecule has 0 bridgehead atoms. The lowest BCUT2D eigenvalue weighted by Gasteiger charge is -2.12. The van der Waals surface area contributed by atoms with Crippen LogP contribution < -0.4 is 14.8 Å². The molecule has 2 aromatic rings. The van der Waals surface area contributed by atoms with Gasteiger partial charge in [-0.25, -0.2) is 0 Å². The van der Waals surface area contributed by atoms with Crippen LogP contribution in [0.25, 0.3) is 0 Å². The number of aromatic nitrogens is 2. The Balaban J connectivity index is 2.06. The first-order valence-corrected chi connectivity index (χ1v) is 10.0. The molecule has 0 spiro atoms. The largest absolute Gasteiger partial charge is 0.490 e. The number of nitrogens with one attached hydrogen (secondary N) is 1. The Morgan fingerprint density at radius 1 is 1.20 bits per heavy atom. The van der Waals surface area contributed by atoms with Gasteiger partial charge in [0.25, 0.3) is 5.91 Å². The molecule has 1 aromatic heterocycles. The van der Waals surface area contributed by atoms with Gasteiger partial charge in [0, 0.05) is 11.3 Å². The highest BCUT2D eigenvalue weighted by molar-refractivity contribution is 8.01. The van der Waals surface area contributed by atoms with Gasteiger partial charge in [0.1, 0.15) is 0 Å². The second-order valence-electron chi connectivity index (χ2n) is 5.56. The smallest absolute Gasteiger partial charge is 0.257 e. The highest BCUT2D eigenvalue weighted by Gasteiger charge is 2.14. The molecule has 0 fully saturated rings. The van der Waals surface area contributed by atoms with Crippen molar-refractivity contribution < 1.29 is 14.3 Å². The summed E-state index contributed by atoms with van der Waals surface area (Å²) in [7, 11) is 0. The molecule has 0 saturated heterocycles. The third kappa shape index (κ3) is 5.89. The van der Waals surface area contributed by atoms with E-state index >= 15 is 0 Å². The van der Waals surface area contributed by atoms with E-state index in [1.807, 2.05) is 13.8 Å². The van der Waals surface area contributed by atoms with Crippen LogP contribution in [0.15, 0.2) is 22.5 Å². The molecule has 1 heterocycles. The number of rotatable bonds is 9. The number of carbonyl (C=O) groups excluding carboxylic acids is 1. The summed E-state index contributed by atoms with van der Waals surface area (Å²) in [5.41, 5.74) is 0.485. The summed E-state index contributed by atoms with van der Waals surface area (Å²) in [4.78, 5) is 12.4. The first kappa shape index (κ1) is 19.5. The van der Waals surface area contributed by atoms with Crippen molar-refractivity contribution in [2.75, 3.05) is 24.3 Å². The van der Waals surface area contributed by atoms with Crippen molar-refractivity contribution in [3.8, 4) is 11.5 Å². The SMILES string of the molecule is CCOc1ccc(C(=O)Nc2nnc(SCC(C)C)s2)cc1OCC. The summed E-state index contributed by atoms with van der Waals surface area (Å²) in [6.45, 7) is 9.13. The number of ether oxygens (including phenoxy) is 2. The number of carbonyl (C=O) groups is 1. The third-order valence-electron chi connectivity index (χ3n) is 2.97. The van der Waals surface area contributed by atoms with Gasteiger partial charge in [0.2, 0.25) is 5.13 Å². The molecule has 1 aromatic carbocycles. The van der Waals surface area contributed by atoms with E-state index in [1.165, 1.54) is 11.3 Å². The topological polar surface area (TPSA) is 73.3 Å². The van der Waals surface area contributed by atoms with Crippen LogP contribution in [-0.2, 0) is 0 Å². The first-order valence-electron chi connectivity index (χ1n) is 8.20. The second-order valence-corrected chi connectivity index (χ2v) is 7.80. The van der Waals surface area contributed by atoms with Crippen molar-refractivity contribution in [2.45, 2.75) is 32.0 Å². The van der Waals surface area contributed by atoms with Crippen LogP contribution in [0.4, 0.5) is 5.13 Å². The number of anilines is 1. The van der Waals surface area contributed by atoms with Gasteiger partial charge in [-0.15, -0.1) is 10.2 Å². The van der Waals surface area contributed by atoms with Crippen LogP contribution in [0.1, 0.15) is 38.1 Å². The van der Waals surface area contributed by atoms with Crippen LogP contribution in [-0.4, -0.2) is 35.1 Å². The Bertz CT molecular complexity index is 704. The monoisotopic (exact) mass is 381 g/mol. The predicted octanol–water partition coefficient (Wildman–Crippen LogP) is 4.34. The van der Waals surface area contributed by atoms with Crippen molar-refractivity contribution in [3.05, 3.63) is 23.8 Å². The van der Waals surface area contributed by atoms with E-state index in [9.17, 15) is 4.79 Å². The van der Waals surface area contributed by atoms with E-state index in [2.05, 4.69) is 29.4 Å². The zero-order chi connectivity index (χ0) is 18.2. The van der Waals surface area contributed by atoms with E-state index in [4.69, 9.17) is 9.47 Å². The molecule has 0 saturated carbocycles. The zero-order valence-corrected chi connectivity index (χ0v) is 16.5. The normalized spacial score (nSPS) is 10.8. The Labute approximate surface area is 156 Å². The number of nitrogens with zero attached hydrogens (tertiary/aromatic N) is 2. The zero-order valence-electron chi connectivity index (χ0n) is 14.9. The summed E-state index contributed by atoms with van der Waals surface area (Å²) < 4.78 is 11.9. The molecule has 1 N–H and O–H groups in total. The van der Waals surface area contributed by atoms with Gasteiger partial charge in [0.15, 0.2) is 15.8 Å². The molecule has 2 rings (SSSR count). The summed E-state index contributed by atoms with van der Waals surface area (Å²) in [6.07, 6.45) is 0. The second kappa shape index (κ2) is 9.62. The van der Waals surface area contributed by atoms with Crippen molar-refractivity contribution >= 4 is 34.1 Å². The van der Waals surface area contributed by atoms with Gasteiger partial charge < -0.3 is 9.47 Å². The highest BCUT2D eigenvalue weighted by atomic mass is 32.2. The quantitative estimate of drug-likeness (QED) is 0.515. The van der Waals surface area contributed by atoms with Crippen LogP contribution in [0.2, 0.25) is 0 Å². The molecule has 25 heavy (non-hydrogen) atoms. The van der Waals surface area contributed by atoms with Crippen LogP contribution in [0.5, 0.6) is 11.5 Å². The Morgan fingerprint density at radius 2 is 1.92 bits per heavy atom. The van der Waals surface area contributed by atoms with Gasteiger partial charge in [-0.05, 0) is 38.0 Å².